The topological polar surface area (TPSA) is 79.3 Å². The number of Topliss-reactive ketones (excluding diaryl/α,β-unsaturated/α-hetero) is 1. The molecule has 3 aromatic rings. The number of ketones is 1. The summed E-state index contributed by atoms with van der Waals surface area (Å²) in [7, 11) is 1.57. The molecule has 210 valence electrons. The van der Waals surface area contributed by atoms with E-state index in [1.54, 1.807) is 55.6 Å². The Kier molecular flexibility index (Phi) is 9.48. The molecule has 4 rings (SSSR count). The molecule has 0 aliphatic carbocycles. The summed E-state index contributed by atoms with van der Waals surface area (Å²) in [5.41, 5.74) is 2.80. The fraction of sp³-hybridized carbons (Fsp3) is 0.333. The number of anilines is 2. The van der Waals surface area contributed by atoms with Crippen molar-refractivity contribution in [1.82, 2.24) is 0 Å². The number of methoxy groups -OCH3 is 1. The Morgan fingerprint density at radius 1 is 0.850 bits per heavy atom. The number of ether oxygens (including phenoxy) is 2. The van der Waals surface area contributed by atoms with E-state index in [4.69, 9.17) is 9.47 Å². The van der Waals surface area contributed by atoms with Crippen LogP contribution >= 0.6 is 0 Å². The summed E-state index contributed by atoms with van der Waals surface area (Å²) in [5, 5.41) is 11.5. The molecule has 3 aromatic carbocycles. The lowest BCUT2D eigenvalue weighted by atomic mass is 9.94. The third kappa shape index (κ3) is 5.98. The second-order valence-corrected chi connectivity index (χ2v) is 9.71. The van der Waals surface area contributed by atoms with Gasteiger partial charge >= 0.3 is 0 Å². The quantitative estimate of drug-likeness (QED) is 0.118. The third-order valence-corrected chi connectivity index (χ3v) is 7.28. The van der Waals surface area contributed by atoms with Crippen LogP contribution in [-0.4, -0.2) is 43.6 Å². The van der Waals surface area contributed by atoms with Gasteiger partial charge in [0.1, 0.15) is 17.3 Å². The van der Waals surface area contributed by atoms with Crippen LogP contribution in [0.15, 0.2) is 78.4 Å². The van der Waals surface area contributed by atoms with Gasteiger partial charge in [0.15, 0.2) is 0 Å². The molecule has 7 nitrogen and oxygen atoms in total. The van der Waals surface area contributed by atoms with Gasteiger partial charge in [-0.1, -0.05) is 31.9 Å². The number of unbranched alkanes of at least 4 members (excludes halogenated alkanes) is 2. The highest BCUT2D eigenvalue weighted by Gasteiger charge is 2.47. The first kappa shape index (κ1) is 28.7. The van der Waals surface area contributed by atoms with E-state index in [0.717, 1.165) is 43.6 Å². The minimum Gasteiger partial charge on any atom is -0.507 e. The van der Waals surface area contributed by atoms with E-state index in [2.05, 4.69) is 25.7 Å². The van der Waals surface area contributed by atoms with Crippen LogP contribution in [0.4, 0.5) is 11.4 Å². The molecule has 1 amide bonds. The minimum absolute atomic E-state index is 0.0491. The van der Waals surface area contributed by atoms with E-state index >= 15 is 0 Å². The average molecular weight is 543 g/mol. The normalized spacial score (nSPS) is 16.3. The zero-order valence-corrected chi connectivity index (χ0v) is 23.7. The van der Waals surface area contributed by atoms with Crippen LogP contribution in [0.3, 0.4) is 0 Å². The van der Waals surface area contributed by atoms with Crippen LogP contribution < -0.4 is 19.3 Å². The Hall–Kier alpha value is -4.26. The second-order valence-electron chi connectivity index (χ2n) is 9.71. The van der Waals surface area contributed by atoms with E-state index in [1.165, 1.54) is 4.90 Å². The molecule has 1 heterocycles. The zero-order chi connectivity index (χ0) is 28.6. The van der Waals surface area contributed by atoms with Gasteiger partial charge in [-0.25, -0.2) is 0 Å². The SMILES string of the molecule is CCCCCOc1ccc(/C(O)=C2/C(=O)C(=O)N(c3ccc(OC)cc3)C2c2ccc(N(CC)CC)cc2)cc1. The van der Waals surface area contributed by atoms with Gasteiger partial charge in [0.05, 0.1) is 25.3 Å². The number of aliphatic hydroxyl groups excluding tert-OH is 1. The summed E-state index contributed by atoms with van der Waals surface area (Å²) in [4.78, 5) is 30.6. The number of aliphatic hydroxyl groups is 1. The number of nitrogens with zero attached hydrogens (tertiary/aromatic N) is 2. The number of amides is 1. The first-order valence-electron chi connectivity index (χ1n) is 14.0. The van der Waals surface area contributed by atoms with Crippen molar-refractivity contribution in [3.8, 4) is 11.5 Å². The van der Waals surface area contributed by atoms with Gasteiger partial charge in [-0.3, -0.25) is 14.5 Å². The summed E-state index contributed by atoms with van der Waals surface area (Å²) in [5.74, 6) is -0.316. The van der Waals surface area contributed by atoms with Crippen molar-refractivity contribution in [1.29, 1.82) is 0 Å². The monoisotopic (exact) mass is 542 g/mol. The van der Waals surface area contributed by atoms with Crippen LogP contribution in [-0.2, 0) is 9.59 Å². The molecule has 0 radical (unpaired) electrons. The number of carbonyl (C=O) groups excluding carboxylic acids is 2. The molecule has 1 aliphatic rings. The van der Waals surface area contributed by atoms with Gasteiger partial charge in [0, 0.05) is 30.0 Å². The predicted octanol–water partition coefficient (Wildman–Crippen LogP) is 6.74. The summed E-state index contributed by atoms with van der Waals surface area (Å²) in [6.45, 7) is 8.67. The lowest BCUT2D eigenvalue weighted by molar-refractivity contribution is -0.132. The number of rotatable bonds is 12. The van der Waals surface area contributed by atoms with E-state index in [0.29, 0.717) is 29.4 Å². The van der Waals surface area contributed by atoms with Crippen molar-refractivity contribution >= 4 is 28.8 Å². The predicted molar refractivity (Wildman–Crippen MR) is 159 cm³/mol. The van der Waals surface area contributed by atoms with Crippen LogP contribution in [0.5, 0.6) is 11.5 Å². The first-order chi connectivity index (χ1) is 19.4. The van der Waals surface area contributed by atoms with E-state index in [1.807, 2.05) is 24.3 Å². The average Bonchev–Trinajstić information content (AvgIpc) is 3.26. The van der Waals surface area contributed by atoms with Crippen molar-refractivity contribution in [2.24, 2.45) is 0 Å². The fourth-order valence-corrected chi connectivity index (χ4v) is 5.02. The third-order valence-electron chi connectivity index (χ3n) is 7.28. The van der Waals surface area contributed by atoms with Crippen molar-refractivity contribution in [3.63, 3.8) is 0 Å². The molecule has 0 saturated carbocycles. The number of carbonyl (C=O) groups is 2. The van der Waals surface area contributed by atoms with E-state index < -0.39 is 17.7 Å². The maximum absolute atomic E-state index is 13.5. The van der Waals surface area contributed by atoms with Crippen LogP contribution in [0.1, 0.15) is 57.2 Å². The Balaban J connectivity index is 1.76. The maximum Gasteiger partial charge on any atom is 0.300 e. The van der Waals surface area contributed by atoms with Gasteiger partial charge in [-0.2, -0.15) is 0 Å². The summed E-state index contributed by atoms with van der Waals surface area (Å²) in [6.07, 6.45) is 3.19. The molecule has 40 heavy (non-hydrogen) atoms. The molecule has 0 aromatic heterocycles. The van der Waals surface area contributed by atoms with Gasteiger partial charge in [-0.15, -0.1) is 0 Å². The Morgan fingerprint density at radius 2 is 1.48 bits per heavy atom. The summed E-state index contributed by atoms with van der Waals surface area (Å²) >= 11 is 0. The lowest BCUT2D eigenvalue weighted by Crippen LogP contribution is -2.29. The van der Waals surface area contributed by atoms with Gasteiger partial charge in [0.25, 0.3) is 11.7 Å². The fourth-order valence-electron chi connectivity index (χ4n) is 5.02. The molecule has 0 bridgehead atoms. The smallest absolute Gasteiger partial charge is 0.300 e. The van der Waals surface area contributed by atoms with Crippen molar-refractivity contribution in [2.75, 3.05) is 36.6 Å². The maximum atomic E-state index is 13.5. The molecule has 1 N–H and O–H groups in total. The standard InChI is InChI=1S/C33H38N2O5/c1-5-8-9-22-40-28-18-12-24(13-19-28)31(36)29-30(23-10-14-25(15-11-23)34(6-2)7-3)35(33(38)32(29)37)26-16-20-27(39-4)21-17-26/h10-21,30,36H,5-9,22H2,1-4H3/b31-29-. The highest BCUT2D eigenvalue weighted by atomic mass is 16.5. The molecule has 0 spiro atoms. The van der Waals surface area contributed by atoms with Crippen molar-refractivity contribution in [3.05, 3.63) is 89.5 Å². The molecule has 1 saturated heterocycles. The van der Waals surface area contributed by atoms with Gasteiger partial charge in [0.2, 0.25) is 0 Å². The number of benzene rings is 3. The Labute approximate surface area is 236 Å². The van der Waals surface area contributed by atoms with Crippen LogP contribution in [0.2, 0.25) is 0 Å². The summed E-state index contributed by atoms with van der Waals surface area (Å²) in [6, 6.07) is 21.0. The minimum atomic E-state index is -0.802. The van der Waals surface area contributed by atoms with Gasteiger partial charge in [-0.05, 0) is 86.5 Å². The number of hydrogen-bond acceptors (Lipinski definition) is 6. The first-order valence-corrected chi connectivity index (χ1v) is 14.0. The van der Waals surface area contributed by atoms with Crippen LogP contribution in [0, 0.1) is 0 Å². The molecule has 1 fully saturated rings. The molecule has 7 heteroatoms. The molecular weight excluding hydrogens is 504 g/mol. The molecular formula is C33H38N2O5. The Bertz CT molecular complexity index is 1330. The Morgan fingerprint density at radius 3 is 2.05 bits per heavy atom. The van der Waals surface area contributed by atoms with Crippen LogP contribution in [0.25, 0.3) is 5.76 Å². The van der Waals surface area contributed by atoms with Gasteiger partial charge < -0.3 is 19.5 Å². The second kappa shape index (κ2) is 13.2. The largest absolute Gasteiger partial charge is 0.507 e. The highest BCUT2D eigenvalue weighted by Crippen LogP contribution is 2.43. The lowest BCUT2D eigenvalue weighted by Gasteiger charge is -2.27. The van der Waals surface area contributed by atoms with Crippen molar-refractivity contribution in [2.45, 2.75) is 46.1 Å². The highest BCUT2D eigenvalue weighted by molar-refractivity contribution is 6.51. The van der Waals surface area contributed by atoms with Crippen molar-refractivity contribution < 1.29 is 24.2 Å². The zero-order valence-electron chi connectivity index (χ0n) is 23.7. The van der Waals surface area contributed by atoms with E-state index in [-0.39, 0.29) is 11.3 Å². The van der Waals surface area contributed by atoms with E-state index in [9.17, 15) is 14.7 Å². The number of hydrogen-bond donors (Lipinski definition) is 1. The summed E-state index contributed by atoms with van der Waals surface area (Å²) < 4.78 is 11.1. The molecule has 1 aliphatic heterocycles. The molecule has 1 unspecified atom stereocenters. The molecule has 1 atom stereocenters.